The Bertz CT molecular complexity index is 571. The maximum Gasteiger partial charge on any atom is 0.126 e. The first-order valence-corrected chi connectivity index (χ1v) is 4.90. The number of anilines is 2. The van der Waals surface area contributed by atoms with Crippen molar-refractivity contribution in [2.24, 2.45) is 0 Å². The molecule has 0 spiro atoms. The molecule has 1 N–H and O–H groups in total. The van der Waals surface area contributed by atoms with Crippen LogP contribution < -0.4 is 5.32 Å². The summed E-state index contributed by atoms with van der Waals surface area (Å²) >= 11 is 0. The van der Waals surface area contributed by atoms with Crippen molar-refractivity contribution in [1.29, 1.82) is 5.26 Å². The third-order valence-corrected chi connectivity index (χ3v) is 2.16. The number of hydrogen-bond acceptors (Lipinski definition) is 2. The van der Waals surface area contributed by atoms with Gasteiger partial charge in [-0.1, -0.05) is 0 Å². The molecule has 0 saturated carbocycles. The van der Waals surface area contributed by atoms with E-state index < -0.39 is 5.82 Å². The van der Waals surface area contributed by atoms with E-state index >= 15 is 0 Å². The molecule has 0 amide bonds. The van der Waals surface area contributed by atoms with Crippen molar-refractivity contribution in [1.82, 2.24) is 0 Å². The van der Waals surface area contributed by atoms with Crippen LogP contribution in [0.5, 0.6) is 0 Å². The van der Waals surface area contributed by atoms with Crippen LogP contribution in [0.3, 0.4) is 0 Å². The summed E-state index contributed by atoms with van der Waals surface area (Å²) in [5, 5.41) is 11.6. The summed E-state index contributed by atoms with van der Waals surface area (Å²) in [7, 11) is 0. The van der Waals surface area contributed by atoms with Gasteiger partial charge in [0.25, 0.3) is 0 Å². The van der Waals surface area contributed by atoms with Crippen molar-refractivity contribution in [3.8, 4) is 6.07 Å². The monoisotopic (exact) mass is 230 g/mol. The van der Waals surface area contributed by atoms with Gasteiger partial charge in [-0.3, -0.25) is 0 Å². The summed E-state index contributed by atoms with van der Waals surface area (Å²) in [5.41, 5.74) is 1.31. The van der Waals surface area contributed by atoms with Gasteiger partial charge in [0.15, 0.2) is 0 Å². The third-order valence-electron chi connectivity index (χ3n) is 2.16. The summed E-state index contributed by atoms with van der Waals surface area (Å²) in [5.74, 6) is -0.832. The quantitative estimate of drug-likeness (QED) is 0.855. The lowest BCUT2D eigenvalue weighted by Crippen LogP contribution is -1.92. The molecule has 0 aromatic heterocycles. The first-order chi connectivity index (χ1) is 8.17. The zero-order chi connectivity index (χ0) is 12.3. The number of nitrogens with zero attached hydrogens (tertiary/aromatic N) is 1. The van der Waals surface area contributed by atoms with Gasteiger partial charge in [-0.15, -0.1) is 0 Å². The van der Waals surface area contributed by atoms with Crippen molar-refractivity contribution >= 4 is 11.4 Å². The second kappa shape index (κ2) is 4.62. The van der Waals surface area contributed by atoms with E-state index in [4.69, 9.17) is 5.26 Å². The predicted octanol–water partition coefficient (Wildman–Crippen LogP) is 3.58. The predicted molar refractivity (Wildman–Crippen MR) is 60.8 cm³/mol. The molecule has 0 fully saturated rings. The second-order valence-corrected chi connectivity index (χ2v) is 3.47. The molecule has 84 valence electrons. The lowest BCUT2D eigenvalue weighted by Gasteiger charge is -2.06. The van der Waals surface area contributed by atoms with E-state index in [0.717, 1.165) is 6.07 Å². The van der Waals surface area contributed by atoms with Crippen LogP contribution in [-0.2, 0) is 0 Å². The van der Waals surface area contributed by atoms with Gasteiger partial charge in [-0.2, -0.15) is 5.26 Å². The van der Waals surface area contributed by atoms with E-state index in [0.29, 0.717) is 11.4 Å². The Morgan fingerprint density at radius 2 is 1.59 bits per heavy atom. The van der Waals surface area contributed by atoms with Crippen LogP contribution in [0.15, 0.2) is 42.5 Å². The smallest absolute Gasteiger partial charge is 0.126 e. The molecule has 17 heavy (non-hydrogen) atoms. The fraction of sp³-hybridized carbons (Fsp3) is 0. The second-order valence-electron chi connectivity index (χ2n) is 3.47. The average molecular weight is 230 g/mol. The van der Waals surface area contributed by atoms with Crippen LogP contribution in [0, 0.1) is 23.0 Å². The highest BCUT2D eigenvalue weighted by Crippen LogP contribution is 2.19. The Morgan fingerprint density at radius 1 is 0.882 bits per heavy atom. The minimum absolute atomic E-state index is 0.231. The molecule has 0 radical (unpaired) electrons. The topological polar surface area (TPSA) is 35.8 Å². The average Bonchev–Trinajstić information content (AvgIpc) is 2.31. The van der Waals surface area contributed by atoms with Gasteiger partial charge < -0.3 is 5.32 Å². The summed E-state index contributed by atoms with van der Waals surface area (Å²) in [6, 6.07) is 11.5. The third kappa shape index (κ3) is 2.79. The summed E-state index contributed by atoms with van der Waals surface area (Å²) in [6.07, 6.45) is 0. The zero-order valence-corrected chi connectivity index (χ0v) is 8.74. The van der Waals surface area contributed by atoms with Gasteiger partial charge in [-0.25, -0.2) is 8.78 Å². The molecular weight excluding hydrogens is 222 g/mol. The Hall–Kier alpha value is -2.41. The highest BCUT2D eigenvalue weighted by Gasteiger charge is 2.01. The molecule has 0 atom stereocenters. The summed E-state index contributed by atoms with van der Waals surface area (Å²) in [6.45, 7) is 0. The number of nitriles is 1. The van der Waals surface area contributed by atoms with E-state index in [2.05, 4.69) is 5.32 Å². The van der Waals surface area contributed by atoms with Gasteiger partial charge in [0.05, 0.1) is 11.6 Å². The number of nitrogens with one attached hydrogen (secondary N) is 1. The molecule has 0 bridgehead atoms. The maximum absolute atomic E-state index is 13.1. The molecule has 0 aliphatic carbocycles. The highest BCUT2D eigenvalue weighted by molar-refractivity contribution is 5.61. The summed E-state index contributed by atoms with van der Waals surface area (Å²) in [4.78, 5) is 0. The van der Waals surface area contributed by atoms with Crippen molar-refractivity contribution < 1.29 is 8.78 Å². The van der Waals surface area contributed by atoms with Gasteiger partial charge in [0.1, 0.15) is 11.6 Å². The minimum Gasteiger partial charge on any atom is -0.355 e. The van der Waals surface area contributed by atoms with E-state index in [-0.39, 0.29) is 11.4 Å². The van der Waals surface area contributed by atoms with Crippen molar-refractivity contribution in [2.45, 2.75) is 0 Å². The summed E-state index contributed by atoms with van der Waals surface area (Å²) < 4.78 is 25.8. The fourth-order valence-electron chi connectivity index (χ4n) is 1.43. The van der Waals surface area contributed by atoms with Gasteiger partial charge >= 0.3 is 0 Å². The molecule has 0 saturated heterocycles. The van der Waals surface area contributed by atoms with E-state index in [1.807, 2.05) is 6.07 Å². The van der Waals surface area contributed by atoms with Gasteiger partial charge in [0.2, 0.25) is 0 Å². The molecule has 0 aliphatic rings. The lowest BCUT2D eigenvalue weighted by atomic mass is 10.2. The number of rotatable bonds is 2. The van der Waals surface area contributed by atoms with Crippen LogP contribution in [0.25, 0.3) is 0 Å². The zero-order valence-electron chi connectivity index (χ0n) is 8.74. The van der Waals surface area contributed by atoms with E-state index in [9.17, 15) is 8.78 Å². The SMILES string of the molecule is N#Cc1cc(F)cc(Nc2ccc(F)cc2)c1. The van der Waals surface area contributed by atoms with E-state index in [1.165, 1.54) is 36.4 Å². The van der Waals surface area contributed by atoms with Crippen LogP contribution in [0.2, 0.25) is 0 Å². The maximum atomic E-state index is 13.1. The van der Waals surface area contributed by atoms with Gasteiger partial charge in [-0.05, 0) is 42.5 Å². The number of halogens is 2. The fourth-order valence-corrected chi connectivity index (χ4v) is 1.43. The van der Waals surface area contributed by atoms with Crippen LogP contribution in [0.4, 0.5) is 20.2 Å². The lowest BCUT2D eigenvalue weighted by molar-refractivity contribution is 0.627. The standard InChI is InChI=1S/C13H8F2N2/c14-10-1-3-12(4-2-10)17-13-6-9(8-16)5-11(15)7-13/h1-7,17H. The highest BCUT2D eigenvalue weighted by atomic mass is 19.1. The molecule has 0 heterocycles. The van der Waals surface area contributed by atoms with Crippen molar-refractivity contribution in [2.75, 3.05) is 5.32 Å². The molecular formula is C13H8F2N2. The normalized spacial score (nSPS) is 9.71. The molecule has 4 heteroatoms. The molecule has 2 nitrogen and oxygen atoms in total. The molecule has 2 aromatic carbocycles. The number of hydrogen-bond donors (Lipinski definition) is 1. The first kappa shape index (κ1) is 11.1. The Morgan fingerprint density at radius 3 is 2.24 bits per heavy atom. The van der Waals surface area contributed by atoms with Crippen molar-refractivity contribution in [3.05, 3.63) is 59.7 Å². The minimum atomic E-state index is -0.492. The van der Waals surface area contributed by atoms with Gasteiger partial charge in [0, 0.05) is 11.4 Å². The largest absolute Gasteiger partial charge is 0.355 e. The van der Waals surface area contributed by atoms with Crippen LogP contribution in [0.1, 0.15) is 5.56 Å². The first-order valence-electron chi connectivity index (χ1n) is 4.90. The van der Waals surface area contributed by atoms with Crippen LogP contribution >= 0.6 is 0 Å². The molecule has 0 unspecified atom stereocenters. The molecule has 2 rings (SSSR count). The Balaban J connectivity index is 2.27. The Labute approximate surface area is 97.1 Å². The van der Waals surface area contributed by atoms with Crippen LogP contribution in [-0.4, -0.2) is 0 Å². The molecule has 0 aliphatic heterocycles. The number of benzene rings is 2. The van der Waals surface area contributed by atoms with E-state index in [1.54, 1.807) is 0 Å². The molecule has 2 aromatic rings. The van der Waals surface area contributed by atoms with Crippen molar-refractivity contribution in [3.63, 3.8) is 0 Å². The Kier molecular flexibility index (Phi) is 3.01.